The second kappa shape index (κ2) is 7.78. The lowest BCUT2D eigenvalue weighted by Crippen LogP contribution is -2.43. The van der Waals surface area contributed by atoms with E-state index >= 15 is 0 Å². The van der Waals surface area contributed by atoms with Crippen LogP contribution in [0.2, 0.25) is 0 Å². The van der Waals surface area contributed by atoms with Gasteiger partial charge in [-0.1, -0.05) is 18.2 Å². The zero-order chi connectivity index (χ0) is 15.1. The summed E-state index contributed by atoms with van der Waals surface area (Å²) in [6.07, 6.45) is 1.58. The number of nitrogens with one attached hydrogen (secondary N) is 1. The molecule has 1 saturated heterocycles. The Morgan fingerprint density at radius 1 is 1.24 bits per heavy atom. The Morgan fingerprint density at radius 2 is 1.90 bits per heavy atom. The molecule has 0 spiro atoms. The van der Waals surface area contributed by atoms with Gasteiger partial charge in [-0.25, -0.2) is 0 Å². The number of carbonyl (C=O) groups excluding carboxylic acids is 2. The molecule has 1 amide bonds. The number of piperidine rings is 1. The minimum Gasteiger partial charge on any atom is -0.466 e. The first-order valence-corrected chi connectivity index (χ1v) is 7.43. The second-order valence-electron chi connectivity index (χ2n) is 5.17. The lowest BCUT2D eigenvalue weighted by molar-refractivity contribution is -0.149. The molecule has 0 radical (unpaired) electrons. The van der Waals surface area contributed by atoms with Crippen molar-refractivity contribution in [3.63, 3.8) is 0 Å². The molecular weight excluding hydrogens is 268 g/mol. The van der Waals surface area contributed by atoms with Crippen LogP contribution in [0.3, 0.4) is 0 Å². The Balaban J connectivity index is 1.72. The SMILES string of the molecule is CCOC(=O)C1CCN(CNC(=O)c2ccccc2)CC1. The highest BCUT2D eigenvalue weighted by molar-refractivity contribution is 5.94. The van der Waals surface area contributed by atoms with E-state index in [1.165, 1.54) is 0 Å². The van der Waals surface area contributed by atoms with Gasteiger partial charge in [0.05, 0.1) is 19.2 Å². The lowest BCUT2D eigenvalue weighted by Gasteiger charge is -2.30. The standard InChI is InChI=1S/C16H22N2O3/c1-2-21-16(20)14-8-10-18(11-9-14)12-17-15(19)13-6-4-3-5-7-13/h3-7,14H,2,8-12H2,1H3,(H,17,19). The van der Waals surface area contributed by atoms with Gasteiger partial charge in [-0.2, -0.15) is 0 Å². The van der Waals surface area contributed by atoms with Gasteiger partial charge in [0, 0.05) is 18.7 Å². The molecule has 1 N–H and O–H groups in total. The Labute approximate surface area is 125 Å². The number of rotatable bonds is 5. The first-order chi connectivity index (χ1) is 10.2. The van der Waals surface area contributed by atoms with Gasteiger partial charge < -0.3 is 10.1 Å². The molecule has 0 bridgehead atoms. The molecule has 21 heavy (non-hydrogen) atoms. The third-order valence-electron chi connectivity index (χ3n) is 3.71. The number of esters is 1. The topological polar surface area (TPSA) is 58.6 Å². The van der Waals surface area contributed by atoms with E-state index in [9.17, 15) is 9.59 Å². The summed E-state index contributed by atoms with van der Waals surface area (Å²) < 4.78 is 5.05. The van der Waals surface area contributed by atoms with Crippen LogP contribution in [0.5, 0.6) is 0 Å². The van der Waals surface area contributed by atoms with Crippen molar-refractivity contribution >= 4 is 11.9 Å². The van der Waals surface area contributed by atoms with Crippen molar-refractivity contribution in [2.75, 3.05) is 26.4 Å². The number of benzene rings is 1. The maximum Gasteiger partial charge on any atom is 0.309 e. The molecule has 1 aromatic carbocycles. The molecule has 1 fully saturated rings. The number of amides is 1. The predicted molar refractivity (Wildman–Crippen MR) is 79.7 cm³/mol. The maximum atomic E-state index is 11.9. The number of hydrogen-bond acceptors (Lipinski definition) is 4. The van der Waals surface area contributed by atoms with Gasteiger partial charge in [0.25, 0.3) is 5.91 Å². The molecule has 1 aliphatic rings. The van der Waals surface area contributed by atoms with E-state index in [-0.39, 0.29) is 17.8 Å². The largest absolute Gasteiger partial charge is 0.466 e. The minimum absolute atomic E-state index is 0.00558. The number of likely N-dealkylation sites (tertiary alicyclic amines) is 1. The molecule has 1 heterocycles. The predicted octanol–water partition coefficient (Wildman–Crippen LogP) is 1.65. The van der Waals surface area contributed by atoms with Crippen LogP contribution in [0.25, 0.3) is 0 Å². The fraction of sp³-hybridized carbons (Fsp3) is 0.500. The van der Waals surface area contributed by atoms with Gasteiger partial charge in [-0.15, -0.1) is 0 Å². The highest BCUT2D eigenvalue weighted by atomic mass is 16.5. The summed E-state index contributed by atoms with van der Waals surface area (Å²) in [6.45, 7) is 4.39. The van der Waals surface area contributed by atoms with Gasteiger partial charge in [-0.05, 0) is 31.9 Å². The van der Waals surface area contributed by atoms with Crippen LogP contribution in [0.15, 0.2) is 30.3 Å². The summed E-state index contributed by atoms with van der Waals surface area (Å²) in [6, 6.07) is 9.17. The average Bonchev–Trinajstić information content (AvgIpc) is 2.54. The Hall–Kier alpha value is -1.88. The molecule has 0 aromatic heterocycles. The minimum atomic E-state index is -0.0922. The van der Waals surface area contributed by atoms with Gasteiger partial charge >= 0.3 is 5.97 Å². The van der Waals surface area contributed by atoms with Crippen molar-refractivity contribution in [1.82, 2.24) is 10.2 Å². The Kier molecular flexibility index (Phi) is 5.75. The van der Waals surface area contributed by atoms with Crippen LogP contribution in [0, 0.1) is 5.92 Å². The first-order valence-electron chi connectivity index (χ1n) is 7.43. The van der Waals surface area contributed by atoms with Crippen LogP contribution in [-0.2, 0) is 9.53 Å². The summed E-state index contributed by atoms with van der Waals surface area (Å²) in [5, 5.41) is 2.91. The van der Waals surface area contributed by atoms with Crippen molar-refractivity contribution in [1.29, 1.82) is 0 Å². The van der Waals surface area contributed by atoms with Gasteiger partial charge in [0.1, 0.15) is 0 Å². The van der Waals surface area contributed by atoms with E-state index in [2.05, 4.69) is 10.2 Å². The molecule has 1 aliphatic heterocycles. The average molecular weight is 290 g/mol. The first kappa shape index (κ1) is 15.5. The molecule has 0 unspecified atom stereocenters. The normalized spacial score (nSPS) is 16.4. The summed E-state index contributed by atoms with van der Waals surface area (Å²) >= 11 is 0. The highest BCUT2D eigenvalue weighted by Crippen LogP contribution is 2.18. The van der Waals surface area contributed by atoms with Crippen molar-refractivity contribution in [2.24, 2.45) is 5.92 Å². The van der Waals surface area contributed by atoms with Crippen molar-refractivity contribution < 1.29 is 14.3 Å². The number of nitrogens with zero attached hydrogens (tertiary/aromatic N) is 1. The summed E-state index contributed by atoms with van der Waals surface area (Å²) in [5.74, 6) is -0.153. The number of hydrogen-bond donors (Lipinski definition) is 1. The van der Waals surface area contributed by atoms with E-state index < -0.39 is 0 Å². The third kappa shape index (κ3) is 4.56. The molecule has 5 heteroatoms. The lowest BCUT2D eigenvalue weighted by atomic mass is 9.97. The van der Waals surface area contributed by atoms with Crippen LogP contribution >= 0.6 is 0 Å². The zero-order valence-electron chi connectivity index (χ0n) is 12.4. The second-order valence-corrected chi connectivity index (χ2v) is 5.17. The summed E-state index contributed by atoms with van der Waals surface area (Å²) in [7, 11) is 0. The monoisotopic (exact) mass is 290 g/mol. The van der Waals surface area contributed by atoms with Gasteiger partial charge in [0.15, 0.2) is 0 Å². The molecular formula is C16H22N2O3. The Morgan fingerprint density at radius 3 is 2.52 bits per heavy atom. The van der Waals surface area contributed by atoms with Gasteiger partial charge in [0.2, 0.25) is 0 Å². The number of ether oxygens (including phenoxy) is 1. The quantitative estimate of drug-likeness (QED) is 0.838. The fourth-order valence-electron chi connectivity index (χ4n) is 2.46. The highest BCUT2D eigenvalue weighted by Gasteiger charge is 2.25. The van der Waals surface area contributed by atoms with Crippen LogP contribution in [-0.4, -0.2) is 43.1 Å². The molecule has 5 nitrogen and oxygen atoms in total. The van der Waals surface area contributed by atoms with E-state index in [0.29, 0.717) is 18.8 Å². The van der Waals surface area contributed by atoms with Crippen molar-refractivity contribution in [3.8, 4) is 0 Å². The smallest absolute Gasteiger partial charge is 0.309 e. The molecule has 0 atom stereocenters. The van der Waals surface area contributed by atoms with Crippen LogP contribution in [0.4, 0.5) is 0 Å². The molecule has 2 rings (SSSR count). The zero-order valence-corrected chi connectivity index (χ0v) is 12.4. The molecule has 0 saturated carbocycles. The van der Waals surface area contributed by atoms with E-state index in [1.807, 2.05) is 25.1 Å². The Bertz CT molecular complexity index is 468. The maximum absolute atomic E-state index is 11.9. The summed E-state index contributed by atoms with van der Waals surface area (Å²) in [5.41, 5.74) is 0.666. The molecule has 0 aliphatic carbocycles. The van der Waals surface area contributed by atoms with Crippen LogP contribution in [0.1, 0.15) is 30.1 Å². The van der Waals surface area contributed by atoms with Gasteiger partial charge in [-0.3, -0.25) is 14.5 Å². The van der Waals surface area contributed by atoms with E-state index in [4.69, 9.17) is 4.74 Å². The van der Waals surface area contributed by atoms with Crippen molar-refractivity contribution in [2.45, 2.75) is 19.8 Å². The molecule has 114 valence electrons. The van der Waals surface area contributed by atoms with E-state index in [1.54, 1.807) is 12.1 Å². The third-order valence-corrected chi connectivity index (χ3v) is 3.71. The van der Waals surface area contributed by atoms with Crippen molar-refractivity contribution in [3.05, 3.63) is 35.9 Å². The number of carbonyl (C=O) groups is 2. The fourth-order valence-corrected chi connectivity index (χ4v) is 2.46. The van der Waals surface area contributed by atoms with Crippen LogP contribution < -0.4 is 5.32 Å². The van der Waals surface area contributed by atoms with E-state index in [0.717, 1.165) is 25.9 Å². The summed E-state index contributed by atoms with van der Waals surface area (Å²) in [4.78, 5) is 25.7. The molecule has 1 aromatic rings.